The van der Waals surface area contributed by atoms with Crippen LogP contribution in [0.2, 0.25) is 0 Å². The van der Waals surface area contributed by atoms with Gasteiger partial charge >= 0.3 is 0 Å². The molecule has 1 aromatic heterocycles. The smallest absolute Gasteiger partial charge is 0.270 e. The van der Waals surface area contributed by atoms with Gasteiger partial charge in [0.15, 0.2) is 5.78 Å². The van der Waals surface area contributed by atoms with Crippen LogP contribution in [-0.2, 0) is 4.79 Å². The molecule has 0 radical (unpaired) electrons. The van der Waals surface area contributed by atoms with Crippen LogP contribution in [0.5, 0.6) is 0 Å². The summed E-state index contributed by atoms with van der Waals surface area (Å²) in [6, 6.07) is 11.9. The van der Waals surface area contributed by atoms with Gasteiger partial charge < -0.3 is 9.73 Å². The summed E-state index contributed by atoms with van der Waals surface area (Å²) in [4.78, 5) is 23.7. The van der Waals surface area contributed by atoms with Crippen molar-refractivity contribution in [3.05, 3.63) is 74.8 Å². The molecule has 0 fully saturated rings. The first-order valence-electron chi connectivity index (χ1n) is 9.69. The quantitative estimate of drug-likeness (QED) is 0.572. The maximum absolute atomic E-state index is 13.0. The van der Waals surface area contributed by atoms with Gasteiger partial charge in [0.2, 0.25) is 0 Å². The van der Waals surface area contributed by atoms with Crippen molar-refractivity contribution in [2.45, 2.75) is 39.5 Å². The summed E-state index contributed by atoms with van der Waals surface area (Å²) in [5.74, 6) is 0.358. The molecule has 0 saturated carbocycles. The molecule has 30 heavy (non-hydrogen) atoms. The summed E-state index contributed by atoms with van der Waals surface area (Å²) in [7, 11) is 0. The Hall–Kier alpha value is -3.66. The number of carbonyl (C=O) groups is 1. The molecular weight excluding hydrogens is 382 g/mol. The Morgan fingerprint density at radius 2 is 2.03 bits per heavy atom. The monoisotopic (exact) mass is 403 g/mol. The highest BCUT2D eigenvalue weighted by Gasteiger charge is 2.42. The zero-order chi connectivity index (χ0) is 21.6. The van der Waals surface area contributed by atoms with Crippen LogP contribution in [0, 0.1) is 26.9 Å². The predicted molar refractivity (Wildman–Crippen MR) is 110 cm³/mol. The van der Waals surface area contributed by atoms with Gasteiger partial charge in [0.25, 0.3) is 5.69 Å². The van der Waals surface area contributed by atoms with Crippen LogP contribution in [0.25, 0.3) is 11.3 Å². The van der Waals surface area contributed by atoms with E-state index in [2.05, 4.69) is 25.2 Å². The number of nitriles is 1. The van der Waals surface area contributed by atoms with Crippen LogP contribution < -0.4 is 5.32 Å². The maximum Gasteiger partial charge on any atom is 0.270 e. The van der Waals surface area contributed by atoms with Gasteiger partial charge in [-0.2, -0.15) is 5.26 Å². The SMILES string of the molecule is CC1=C(C#N)[C@@H](c2ccc(-c3cccc([N+](=O)[O-])c3)o2)C2=C(CC(C)(C)CC2=O)N1. The molecule has 4 rings (SSSR count). The van der Waals surface area contributed by atoms with Gasteiger partial charge in [-0.3, -0.25) is 14.9 Å². The average molecular weight is 403 g/mol. The van der Waals surface area contributed by atoms with Gasteiger partial charge in [0.1, 0.15) is 11.5 Å². The molecule has 1 aliphatic carbocycles. The van der Waals surface area contributed by atoms with Crippen molar-refractivity contribution in [1.82, 2.24) is 5.32 Å². The van der Waals surface area contributed by atoms with Crippen molar-refractivity contribution in [2.24, 2.45) is 5.41 Å². The minimum Gasteiger partial charge on any atom is -0.460 e. The summed E-state index contributed by atoms with van der Waals surface area (Å²) in [6.07, 6.45) is 1.11. The van der Waals surface area contributed by atoms with Crippen molar-refractivity contribution in [2.75, 3.05) is 0 Å². The Kier molecular flexibility index (Phi) is 4.58. The van der Waals surface area contributed by atoms with Crippen LogP contribution in [0.4, 0.5) is 5.69 Å². The van der Waals surface area contributed by atoms with E-state index in [0.29, 0.717) is 46.8 Å². The van der Waals surface area contributed by atoms with Gasteiger partial charge in [0, 0.05) is 41.1 Å². The molecule has 0 amide bonds. The van der Waals surface area contributed by atoms with Crippen LogP contribution in [0.15, 0.2) is 63.4 Å². The number of nitrogens with one attached hydrogen (secondary N) is 1. The summed E-state index contributed by atoms with van der Waals surface area (Å²) >= 11 is 0. The number of nitro benzene ring substituents is 1. The standard InChI is InChI=1S/C23H21N3O4/c1-13-16(12-24)21(22-17(25-13)10-23(2,3)11-18(22)27)20-8-7-19(30-20)14-5-4-6-15(9-14)26(28)29/h4-9,21,25H,10-11H2,1-3H3/t21-/m0/s1. The van der Waals surface area contributed by atoms with Crippen LogP contribution >= 0.6 is 0 Å². The third kappa shape index (κ3) is 3.30. The molecule has 2 heterocycles. The molecule has 1 aliphatic heterocycles. The first kappa shape index (κ1) is 19.6. The highest BCUT2D eigenvalue weighted by Crippen LogP contribution is 2.47. The Labute approximate surface area is 173 Å². The molecular formula is C23H21N3O4. The minimum atomic E-state index is -0.581. The molecule has 1 aromatic carbocycles. The molecule has 0 saturated heterocycles. The number of allylic oxidation sites excluding steroid dienone is 4. The van der Waals surface area contributed by atoms with Crippen molar-refractivity contribution in [1.29, 1.82) is 5.26 Å². The van der Waals surface area contributed by atoms with Crippen LogP contribution in [-0.4, -0.2) is 10.7 Å². The number of nitro groups is 1. The predicted octanol–water partition coefficient (Wildman–Crippen LogP) is 4.98. The molecule has 0 bridgehead atoms. The Balaban J connectivity index is 1.80. The van der Waals surface area contributed by atoms with E-state index in [1.165, 1.54) is 12.1 Å². The summed E-state index contributed by atoms with van der Waals surface area (Å²) in [5.41, 5.74) is 2.95. The van der Waals surface area contributed by atoms with E-state index in [-0.39, 0.29) is 16.9 Å². The molecule has 1 N–H and O–H groups in total. The van der Waals surface area contributed by atoms with Crippen LogP contribution in [0.1, 0.15) is 45.3 Å². The average Bonchev–Trinajstić information content (AvgIpc) is 3.16. The van der Waals surface area contributed by atoms with Crippen molar-refractivity contribution in [3.8, 4) is 17.4 Å². The summed E-state index contributed by atoms with van der Waals surface area (Å²) in [6.45, 7) is 5.93. The van der Waals surface area contributed by atoms with Gasteiger partial charge in [-0.05, 0) is 30.9 Å². The highest BCUT2D eigenvalue weighted by molar-refractivity contribution is 6.00. The van der Waals surface area contributed by atoms with Gasteiger partial charge in [-0.15, -0.1) is 0 Å². The topological polar surface area (TPSA) is 109 Å². The number of Topliss-reactive ketones (excluding diaryl/α,β-unsaturated/α-hetero) is 1. The first-order chi connectivity index (χ1) is 14.2. The lowest BCUT2D eigenvalue weighted by atomic mass is 9.70. The van der Waals surface area contributed by atoms with E-state index in [1.807, 2.05) is 6.92 Å². The maximum atomic E-state index is 13.0. The number of hydrogen-bond donors (Lipinski definition) is 1. The third-order valence-corrected chi connectivity index (χ3v) is 5.61. The Morgan fingerprint density at radius 3 is 2.73 bits per heavy atom. The van der Waals surface area contributed by atoms with Gasteiger partial charge in [0.05, 0.1) is 22.5 Å². The van der Waals surface area contributed by atoms with E-state index in [1.54, 1.807) is 24.3 Å². The van der Waals surface area contributed by atoms with E-state index < -0.39 is 10.8 Å². The molecule has 0 unspecified atom stereocenters. The van der Waals surface area contributed by atoms with Crippen LogP contribution in [0.3, 0.4) is 0 Å². The molecule has 2 aromatic rings. The van der Waals surface area contributed by atoms with E-state index in [4.69, 9.17) is 4.42 Å². The number of dihydropyridines is 1. The molecule has 0 spiro atoms. The lowest BCUT2D eigenvalue weighted by Gasteiger charge is -2.38. The number of ketones is 1. The summed E-state index contributed by atoms with van der Waals surface area (Å²) in [5, 5.41) is 24.1. The Bertz CT molecular complexity index is 1180. The number of non-ortho nitro benzene ring substituents is 1. The van der Waals surface area contributed by atoms with Gasteiger partial charge in [-0.25, -0.2) is 0 Å². The number of carbonyl (C=O) groups excluding carboxylic acids is 1. The minimum absolute atomic E-state index is 0.00676. The van der Waals surface area contributed by atoms with Crippen molar-refractivity contribution >= 4 is 11.5 Å². The molecule has 1 atom stereocenters. The number of rotatable bonds is 3. The molecule has 2 aliphatic rings. The zero-order valence-corrected chi connectivity index (χ0v) is 17.0. The summed E-state index contributed by atoms with van der Waals surface area (Å²) < 4.78 is 6.05. The second-order valence-corrected chi connectivity index (χ2v) is 8.55. The fourth-order valence-electron chi connectivity index (χ4n) is 4.30. The fourth-order valence-corrected chi connectivity index (χ4v) is 4.30. The molecule has 7 nitrogen and oxygen atoms in total. The molecule has 7 heteroatoms. The lowest BCUT2D eigenvalue weighted by molar-refractivity contribution is -0.384. The fraction of sp³-hybridized carbons (Fsp3) is 0.304. The van der Waals surface area contributed by atoms with E-state index in [0.717, 1.165) is 5.70 Å². The highest BCUT2D eigenvalue weighted by atomic mass is 16.6. The van der Waals surface area contributed by atoms with E-state index >= 15 is 0 Å². The number of nitrogens with zero attached hydrogens (tertiary/aromatic N) is 2. The third-order valence-electron chi connectivity index (χ3n) is 5.61. The number of benzene rings is 1. The number of furan rings is 1. The lowest BCUT2D eigenvalue weighted by Crippen LogP contribution is -2.36. The number of hydrogen-bond acceptors (Lipinski definition) is 6. The second-order valence-electron chi connectivity index (χ2n) is 8.55. The van der Waals surface area contributed by atoms with Crippen molar-refractivity contribution in [3.63, 3.8) is 0 Å². The Morgan fingerprint density at radius 1 is 1.27 bits per heavy atom. The normalized spacial score (nSPS) is 20.5. The van der Waals surface area contributed by atoms with E-state index in [9.17, 15) is 20.2 Å². The second kappa shape index (κ2) is 6.99. The van der Waals surface area contributed by atoms with Gasteiger partial charge in [-0.1, -0.05) is 26.0 Å². The molecule has 152 valence electrons. The zero-order valence-electron chi connectivity index (χ0n) is 17.0. The first-order valence-corrected chi connectivity index (χ1v) is 9.69. The largest absolute Gasteiger partial charge is 0.460 e. The van der Waals surface area contributed by atoms with Crippen molar-refractivity contribution < 1.29 is 14.1 Å².